The number of hydrogen-bond donors (Lipinski definition) is 0. The van der Waals surface area contributed by atoms with Gasteiger partial charge in [-0.3, -0.25) is 9.69 Å². The van der Waals surface area contributed by atoms with Crippen molar-refractivity contribution in [2.24, 2.45) is 0 Å². The summed E-state index contributed by atoms with van der Waals surface area (Å²) < 4.78 is 40.4. The van der Waals surface area contributed by atoms with Gasteiger partial charge in [-0.1, -0.05) is 25.4 Å². The van der Waals surface area contributed by atoms with Gasteiger partial charge in [-0.2, -0.15) is 13.2 Å². The van der Waals surface area contributed by atoms with Gasteiger partial charge in [0, 0.05) is 5.02 Å². The normalized spacial score (nSPS) is 12.3. The summed E-state index contributed by atoms with van der Waals surface area (Å²) in [5.41, 5.74) is 0.487. The molecule has 1 aromatic carbocycles. The summed E-state index contributed by atoms with van der Waals surface area (Å²) in [6.45, 7) is 5.56. The molecule has 0 aliphatic rings. The van der Waals surface area contributed by atoms with E-state index in [1.165, 1.54) is 10.6 Å². The smallest absolute Gasteiger partial charge is 0.303 e. The van der Waals surface area contributed by atoms with Crippen LogP contribution in [0.5, 0.6) is 0 Å². The third-order valence-electron chi connectivity index (χ3n) is 3.57. The average Bonchev–Trinajstić information content (AvgIpc) is 2.74. The van der Waals surface area contributed by atoms with Crippen LogP contribution in [0.15, 0.2) is 18.2 Å². The lowest BCUT2D eigenvalue weighted by Crippen LogP contribution is -2.30. The zero-order valence-corrected chi connectivity index (χ0v) is 14.1. The predicted octanol–water partition coefficient (Wildman–Crippen LogP) is 4.33. The lowest BCUT2D eigenvalue weighted by Gasteiger charge is -2.19. The zero-order valence-electron chi connectivity index (χ0n) is 12.5. The van der Waals surface area contributed by atoms with Gasteiger partial charge < -0.3 is 4.57 Å². The summed E-state index contributed by atoms with van der Waals surface area (Å²) in [4.78, 5) is 13.7. The molecule has 1 heterocycles. The average molecular weight is 366 g/mol. The highest BCUT2D eigenvalue weighted by Crippen LogP contribution is 2.26. The van der Waals surface area contributed by atoms with Crippen molar-refractivity contribution in [3.8, 4) is 0 Å². The fraction of sp³-hybridized carbons (Fsp3) is 0.429. The Morgan fingerprint density at radius 1 is 1.26 bits per heavy atom. The number of fused-ring (bicyclic) bond motifs is 1. The highest BCUT2D eigenvalue weighted by Gasteiger charge is 2.41. The van der Waals surface area contributed by atoms with Gasteiger partial charge >= 0.3 is 12.1 Å². The van der Waals surface area contributed by atoms with E-state index in [0.717, 1.165) is 0 Å². The number of rotatable bonds is 4. The van der Waals surface area contributed by atoms with Gasteiger partial charge in [0.25, 0.3) is 0 Å². The van der Waals surface area contributed by atoms with Crippen LogP contribution in [0.2, 0.25) is 5.02 Å². The lowest BCUT2D eigenvalue weighted by molar-refractivity contribution is -0.0944. The van der Waals surface area contributed by atoms with E-state index in [1.807, 2.05) is 18.7 Å². The van der Waals surface area contributed by atoms with E-state index >= 15 is 0 Å². The first kappa shape index (κ1) is 18.0. The van der Waals surface area contributed by atoms with E-state index < -0.39 is 12.1 Å². The summed E-state index contributed by atoms with van der Waals surface area (Å²) in [5.74, 6) is -2.02. The Labute approximate surface area is 141 Å². The maximum Gasteiger partial charge on any atom is 0.472 e. The van der Waals surface area contributed by atoms with E-state index in [4.69, 9.17) is 23.8 Å². The van der Waals surface area contributed by atoms with Crippen LogP contribution in [0.1, 0.15) is 18.6 Å². The van der Waals surface area contributed by atoms with E-state index in [-0.39, 0.29) is 15.3 Å². The fourth-order valence-electron chi connectivity index (χ4n) is 2.31. The molecular formula is C14H15ClF3N3OS. The lowest BCUT2D eigenvalue weighted by atomic mass is 10.3. The SMILES string of the molecule is CCN(CC)Cn1c(=S)n(C(=O)C(F)(F)F)c2cc(Cl)ccc21. The molecule has 1 aromatic heterocycles. The largest absolute Gasteiger partial charge is 0.472 e. The molecule has 0 amide bonds. The van der Waals surface area contributed by atoms with Crippen LogP contribution in [0.4, 0.5) is 13.2 Å². The van der Waals surface area contributed by atoms with Gasteiger partial charge in [0.15, 0.2) is 4.77 Å². The van der Waals surface area contributed by atoms with E-state index in [2.05, 4.69) is 0 Å². The van der Waals surface area contributed by atoms with E-state index in [1.54, 1.807) is 12.1 Å². The Bertz CT molecular complexity index is 793. The first-order chi connectivity index (χ1) is 10.7. The molecule has 23 heavy (non-hydrogen) atoms. The molecule has 2 rings (SSSR count). The van der Waals surface area contributed by atoms with Gasteiger partial charge in [-0.05, 0) is 43.5 Å². The van der Waals surface area contributed by atoms with Crippen molar-refractivity contribution in [3.63, 3.8) is 0 Å². The Balaban J connectivity index is 2.73. The van der Waals surface area contributed by atoms with Crippen molar-refractivity contribution < 1.29 is 18.0 Å². The molecular weight excluding hydrogens is 351 g/mol. The quantitative estimate of drug-likeness (QED) is 0.755. The Hall–Kier alpha value is -1.38. The molecule has 0 spiro atoms. The Morgan fingerprint density at radius 2 is 1.87 bits per heavy atom. The number of alkyl halides is 3. The minimum atomic E-state index is -5.02. The summed E-state index contributed by atoms with van der Waals surface area (Å²) in [6, 6.07) is 4.44. The molecule has 0 unspecified atom stereocenters. The van der Waals surface area contributed by atoms with Gasteiger partial charge in [0.2, 0.25) is 0 Å². The third kappa shape index (κ3) is 3.44. The van der Waals surface area contributed by atoms with Crippen molar-refractivity contribution in [1.82, 2.24) is 14.0 Å². The maximum absolute atomic E-state index is 12.9. The number of hydrogen-bond acceptors (Lipinski definition) is 3. The molecule has 0 atom stereocenters. The second-order valence-corrected chi connectivity index (χ2v) is 5.73. The summed E-state index contributed by atoms with van der Waals surface area (Å²) in [6.07, 6.45) is -5.02. The number of carbonyl (C=O) groups excluding carboxylic acids is 1. The van der Waals surface area contributed by atoms with Crippen LogP contribution < -0.4 is 0 Å². The molecule has 9 heteroatoms. The zero-order chi connectivity index (χ0) is 17.4. The predicted molar refractivity (Wildman–Crippen MR) is 85.4 cm³/mol. The number of imidazole rings is 1. The molecule has 0 saturated heterocycles. The molecule has 0 radical (unpaired) electrons. The highest BCUT2D eigenvalue weighted by atomic mass is 35.5. The van der Waals surface area contributed by atoms with Crippen molar-refractivity contribution in [2.45, 2.75) is 26.7 Å². The molecule has 0 saturated carbocycles. The maximum atomic E-state index is 12.9. The van der Waals surface area contributed by atoms with Crippen LogP contribution >= 0.6 is 23.8 Å². The van der Waals surface area contributed by atoms with Crippen molar-refractivity contribution in [1.29, 1.82) is 0 Å². The van der Waals surface area contributed by atoms with Crippen molar-refractivity contribution >= 4 is 40.8 Å². The first-order valence-corrected chi connectivity index (χ1v) is 7.74. The topological polar surface area (TPSA) is 30.2 Å². The van der Waals surface area contributed by atoms with Crippen LogP contribution in [0, 0.1) is 4.77 Å². The highest BCUT2D eigenvalue weighted by molar-refractivity contribution is 7.71. The number of carbonyl (C=O) groups is 1. The second kappa shape index (κ2) is 6.62. The number of benzene rings is 1. The summed E-state index contributed by atoms with van der Waals surface area (Å²) in [5, 5.41) is 0.233. The minimum Gasteiger partial charge on any atom is -0.303 e. The van der Waals surface area contributed by atoms with Crippen molar-refractivity contribution in [2.75, 3.05) is 13.1 Å². The fourth-order valence-corrected chi connectivity index (χ4v) is 2.82. The first-order valence-electron chi connectivity index (χ1n) is 6.95. The third-order valence-corrected chi connectivity index (χ3v) is 4.21. The van der Waals surface area contributed by atoms with Crippen LogP contribution in [0.25, 0.3) is 11.0 Å². The summed E-state index contributed by atoms with van der Waals surface area (Å²) in [7, 11) is 0. The number of halogens is 4. The molecule has 0 bridgehead atoms. The van der Waals surface area contributed by atoms with E-state index in [0.29, 0.717) is 29.8 Å². The number of aromatic nitrogens is 2. The minimum absolute atomic E-state index is 0.0528. The van der Waals surface area contributed by atoms with Crippen LogP contribution in [0.3, 0.4) is 0 Å². The number of nitrogens with zero attached hydrogens (tertiary/aromatic N) is 3. The van der Waals surface area contributed by atoms with Gasteiger partial charge in [0.05, 0.1) is 17.7 Å². The molecule has 2 aromatic rings. The molecule has 126 valence electrons. The molecule has 4 nitrogen and oxygen atoms in total. The molecule has 0 aliphatic heterocycles. The molecule has 0 fully saturated rings. The van der Waals surface area contributed by atoms with Crippen molar-refractivity contribution in [3.05, 3.63) is 28.0 Å². The van der Waals surface area contributed by atoms with Crippen LogP contribution in [-0.2, 0) is 6.67 Å². The monoisotopic (exact) mass is 365 g/mol. The van der Waals surface area contributed by atoms with E-state index in [9.17, 15) is 18.0 Å². The molecule has 0 N–H and O–H groups in total. The Kier molecular flexibility index (Phi) is 5.17. The standard InChI is InChI=1S/C14H15ClF3N3OS/c1-3-19(4-2)8-20-10-6-5-9(15)7-11(10)21(13(20)23)12(22)14(16,17)18/h5-7H,3-4,8H2,1-2H3. The Morgan fingerprint density at radius 3 is 2.39 bits per heavy atom. The summed E-state index contributed by atoms with van der Waals surface area (Å²) >= 11 is 11.0. The van der Waals surface area contributed by atoms with Gasteiger partial charge in [-0.15, -0.1) is 0 Å². The van der Waals surface area contributed by atoms with Crippen LogP contribution in [-0.4, -0.2) is 39.2 Å². The molecule has 0 aliphatic carbocycles. The van der Waals surface area contributed by atoms with Gasteiger partial charge in [-0.25, -0.2) is 4.57 Å². The second-order valence-electron chi connectivity index (χ2n) is 4.93. The van der Waals surface area contributed by atoms with Gasteiger partial charge in [0.1, 0.15) is 0 Å².